The Morgan fingerprint density at radius 3 is 2.45 bits per heavy atom. The van der Waals surface area contributed by atoms with E-state index < -0.39 is 10.0 Å². The van der Waals surface area contributed by atoms with Crippen LogP contribution in [0.4, 0.5) is 5.69 Å². The first kappa shape index (κ1) is 23.8. The van der Waals surface area contributed by atoms with E-state index >= 15 is 0 Å². The second-order valence-corrected chi connectivity index (χ2v) is 11.8. The molecule has 0 radical (unpaired) electrons. The van der Waals surface area contributed by atoms with Gasteiger partial charge in [0.1, 0.15) is 11.9 Å². The second-order valence-electron chi connectivity index (χ2n) is 9.64. The number of nitrogens with zero attached hydrogens (tertiary/aromatic N) is 3. The van der Waals surface area contributed by atoms with Crippen LogP contribution in [0.3, 0.4) is 0 Å². The number of pyridine rings is 1. The van der Waals surface area contributed by atoms with Crippen LogP contribution >= 0.6 is 11.6 Å². The van der Waals surface area contributed by atoms with Gasteiger partial charge in [0.2, 0.25) is 0 Å². The summed E-state index contributed by atoms with van der Waals surface area (Å²) in [5.41, 5.74) is 4.93. The van der Waals surface area contributed by atoms with Crippen LogP contribution in [-0.4, -0.2) is 50.4 Å². The lowest BCUT2D eigenvalue weighted by molar-refractivity contribution is 0.199. The number of hydrogen-bond acceptors (Lipinski definition) is 7. The number of anilines is 1. The molecule has 0 aliphatic carbocycles. The minimum Gasteiger partial charge on any atom is -0.335 e. The fourth-order valence-electron chi connectivity index (χ4n) is 4.26. The van der Waals surface area contributed by atoms with Crippen LogP contribution < -0.4 is 15.5 Å². The predicted octanol–water partition coefficient (Wildman–Crippen LogP) is 3.36. The maximum Gasteiger partial charge on any atom is 0.261 e. The summed E-state index contributed by atoms with van der Waals surface area (Å²) in [6, 6.07) is 8.49. The Morgan fingerprint density at radius 1 is 1.15 bits per heavy atom. The van der Waals surface area contributed by atoms with Gasteiger partial charge < -0.3 is 10.2 Å². The van der Waals surface area contributed by atoms with E-state index in [1.807, 2.05) is 24.1 Å². The Hall–Kier alpha value is -2.36. The number of rotatable bonds is 5. The third kappa shape index (κ3) is 5.10. The summed E-state index contributed by atoms with van der Waals surface area (Å²) in [7, 11) is -1.90. The molecule has 2 aliphatic heterocycles. The third-order valence-electron chi connectivity index (χ3n) is 6.23. The van der Waals surface area contributed by atoms with Crippen molar-refractivity contribution < 1.29 is 8.42 Å². The number of amidine groups is 1. The summed E-state index contributed by atoms with van der Waals surface area (Å²) >= 11 is 6.18. The molecule has 1 aromatic carbocycles. The number of piperidine rings is 1. The number of halogens is 1. The van der Waals surface area contributed by atoms with Gasteiger partial charge in [0.15, 0.2) is 5.84 Å². The molecule has 0 amide bonds. The Morgan fingerprint density at radius 2 is 1.82 bits per heavy atom. The summed E-state index contributed by atoms with van der Waals surface area (Å²) in [4.78, 5) is 6.64. The molecule has 178 valence electrons. The van der Waals surface area contributed by atoms with Crippen molar-refractivity contribution >= 4 is 33.1 Å². The van der Waals surface area contributed by atoms with E-state index in [2.05, 4.69) is 46.3 Å². The number of benzene rings is 1. The molecule has 4 rings (SSSR count). The SMILES string of the molecule is CN1C(c2ncc(Cl)cc2NS(=O)(=O)c2ccc(C(C)(C)C)cc2)=NNC1C1CCNCC1. The quantitative estimate of drug-likeness (QED) is 0.594. The summed E-state index contributed by atoms with van der Waals surface area (Å²) in [6.07, 6.45) is 3.63. The maximum absolute atomic E-state index is 13.2. The Balaban J connectivity index is 1.60. The van der Waals surface area contributed by atoms with Crippen LogP contribution in [0.2, 0.25) is 5.02 Å². The zero-order valence-corrected chi connectivity index (χ0v) is 21.0. The Labute approximate surface area is 200 Å². The van der Waals surface area contributed by atoms with Crippen molar-refractivity contribution in [3.05, 3.63) is 52.8 Å². The van der Waals surface area contributed by atoms with E-state index in [4.69, 9.17) is 11.6 Å². The number of hydrazone groups is 1. The van der Waals surface area contributed by atoms with Crippen molar-refractivity contribution in [2.24, 2.45) is 11.0 Å². The normalized spacial score (nSPS) is 19.8. The number of nitrogens with one attached hydrogen (secondary N) is 3. The summed E-state index contributed by atoms with van der Waals surface area (Å²) in [5.74, 6) is 1.02. The van der Waals surface area contributed by atoms with Crippen LogP contribution in [0.5, 0.6) is 0 Å². The molecule has 0 saturated carbocycles. The average molecular weight is 491 g/mol. The molecule has 3 N–H and O–H groups in total. The van der Waals surface area contributed by atoms with Gasteiger partial charge in [0.25, 0.3) is 10.0 Å². The van der Waals surface area contributed by atoms with Crippen LogP contribution in [-0.2, 0) is 15.4 Å². The van der Waals surface area contributed by atoms with Crippen molar-refractivity contribution in [3.63, 3.8) is 0 Å². The summed E-state index contributed by atoms with van der Waals surface area (Å²) in [6.45, 7) is 8.21. The lowest BCUT2D eigenvalue weighted by atomic mass is 9.87. The highest BCUT2D eigenvalue weighted by Gasteiger charge is 2.34. The van der Waals surface area contributed by atoms with Gasteiger partial charge in [-0.1, -0.05) is 44.5 Å². The highest BCUT2D eigenvalue weighted by atomic mass is 35.5. The van der Waals surface area contributed by atoms with E-state index in [0.717, 1.165) is 31.5 Å². The first-order valence-corrected chi connectivity index (χ1v) is 13.0. The van der Waals surface area contributed by atoms with Gasteiger partial charge in [-0.2, -0.15) is 5.10 Å². The van der Waals surface area contributed by atoms with Gasteiger partial charge in [0, 0.05) is 19.2 Å². The van der Waals surface area contributed by atoms with Crippen molar-refractivity contribution in [1.82, 2.24) is 20.6 Å². The number of sulfonamides is 1. The molecule has 8 nitrogen and oxygen atoms in total. The van der Waals surface area contributed by atoms with Gasteiger partial charge in [-0.3, -0.25) is 10.1 Å². The second kappa shape index (κ2) is 9.12. The molecule has 1 saturated heterocycles. The molecule has 1 fully saturated rings. The van der Waals surface area contributed by atoms with E-state index in [-0.39, 0.29) is 16.5 Å². The molecule has 0 spiro atoms. The van der Waals surface area contributed by atoms with Crippen LogP contribution in [0.15, 0.2) is 46.5 Å². The van der Waals surface area contributed by atoms with Crippen molar-refractivity contribution in [1.29, 1.82) is 0 Å². The minimum atomic E-state index is -3.85. The van der Waals surface area contributed by atoms with Crippen molar-refractivity contribution in [2.45, 2.75) is 50.1 Å². The van der Waals surface area contributed by atoms with E-state index in [9.17, 15) is 8.42 Å². The maximum atomic E-state index is 13.2. The zero-order valence-electron chi connectivity index (χ0n) is 19.4. The average Bonchev–Trinajstić information content (AvgIpc) is 3.15. The molecule has 1 unspecified atom stereocenters. The van der Waals surface area contributed by atoms with Crippen molar-refractivity contribution in [2.75, 3.05) is 24.9 Å². The highest BCUT2D eigenvalue weighted by Crippen LogP contribution is 2.29. The molecule has 2 aliphatic rings. The fraction of sp³-hybridized carbons (Fsp3) is 0.478. The summed E-state index contributed by atoms with van der Waals surface area (Å²) < 4.78 is 29.0. The van der Waals surface area contributed by atoms with E-state index in [1.165, 1.54) is 6.20 Å². The third-order valence-corrected chi connectivity index (χ3v) is 7.81. The lowest BCUT2D eigenvalue weighted by Crippen LogP contribution is -2.47. The Kier molecular flexibility index (Phi) is 6.57. The standard InChI is InChI=1S/C23H31ClN6O2S/c1-23(2,3)16-5-7-18(8-6-16)33(31,32)29-19-13-17(24)14-26-20(19)22-28-27-21(30(22)4)15-9-11-25-12-10-15/h5-8,13-15,21,25,27,29H,9-12H2,1-4H3. The fourth-order valence-corrected chi connectivity index (χ4v) is 5.47. The first-order valence-electron chi connectivity index (χ1n) is 11.1. The largest absolute Gasteiger partial charge is 0.335 e. The molecule has 10 heteroatoms. The molecule has 2 aromatic rings. The minimum absolute atomic E-state index is 0.0361. The molecule has 3 heterocycles. The van der Waals surface area contributed by atoms with Gasteiger partial charge in [-0.05, 0) is 55.1 Å². The summed E-state index contributed by atoms with van der Waals surface area (Å²) in [5, 5.41) is 8.22. The highest BCUT2D eigenvalue weighted by molar-refractivity contribution is 7.92. The predicted molar refractivity (Wildman–Crippen MR) is 132 cm³/mol. The molecule has 1 atom stereocenters. The van der Waals surface area contributed by atoms with E-state index in [1.54, 1.807) is 18.2 Å². The smallest absolute Gasteiger partial charge is 0.261 e. The van der Waals surface area contributed by atoms with Crippen LogP contribution in [0.25, 0.3) is 0 Å². The monoisotopic (exact) mass is 490 g/mol. The molecular weight excluding hydrogens is 460 g/mol. The van der Waals surface area contributed by atoms with Gasteiger partial charge in [-0.15, -0.1) is 0 Å². The first-order chi connectivity index (χ1) is 15.6. The Bertz CT molecular complexity index is 1140. The number of aromatic nitrogens is 1. The van der Waals surface area contributed by atoms with Gasteiger partial charge in [-0.25, -0.2) is 13.4 Å². The zero-order chi connectivity index (χ0) is 23.8. The van der Waals surface area contributed by atoms with Crippen LogP contribution in [0.1, 0.15) is 44.9 Å². The molecular formula is C23H31ClN6O2S. The molecule has 33 heavy (non-hydrogen) atoms. The van der Waals surface area contributed by atoms with Gasteiger partial charge >= 0.3 is 0 Å². The van der Waals surface area contributed by atoms with Crippen molar-refractivity contribution in [3.8, 4) is 0 Å². The molecule has 1 aromatic heterocycles. The topological polar surface area (TPSA) is 98.7 Å². The lowest BCUT2D eigenvalue weighted by Gasteiger charge is -2.33. The van der Waals surface area contributed by atoms with Crippen LogP contribution in [0, 0.1) is 5.92 Å². The number of hydrogen-bond donors (Lipinski definition) is 3. The van der Waals surface area contributed by atoms with E-state index in [0.29, 0.717) is 28.2 Å². The van der Waals surface area contributed by atoms with Gasteiger partial charge in [0.05, 0.1) is 15.6 Å². The molecule has 0 bridgehead atoms.